The highest BCUT2D eigenvalue weighted by atomic mass is 16.5. The van der Waals surface area contributed by atoms with Gasteiger partial charge in [-0.05, 0) is 31.1 Å². The lowest BCUT2D eigenvalue weighted by atomic mass is 9.71. The number of anilines is 1. The van der Waals surface area contributed by atoms with Gasteiger partial charge < -0.3 is 19.9 Å². The van der Waals surface area contributed by atoms with Gasteiger partial charge in [0.2, 0.25) is 5.95 Å². The van der Waals surface area contributed by atoms with Crippen LogP contribution in [0.5, 0.6) is 12.0 Å². The number of ether oxygens (including phenoxy) is 2. The fourth-order valence-corrected chi connectivity index (χ4v) is 2.41. The first kappa shape index (κ1) is 15.8. The molecule has 0 atom stereocenters. The van der Waals surface area contributed by atoms with E-state index in [0.717, 1.165) is 25.7 Å². The van der Waals surface area contributed by atoms with Gasteiger partial charge in [-0.3, -0.25) is 0 Å². The van der Waals surface area contributed by atoms with Gasteiger partial charge in [0.1, 0.15) is 0 Å². The van der Waals surface area contributed by atoms with Crippen molar-refractivity contribution in [2.45, 2.75) is 45.1 Å². The Balaban J connectivity index is 1.99. The first-order chi connectivity index (χ1) is 9.86. The summed E-state index contributed by atoms with van der Waals surface area (Å²) in [7, 11) is 2.96. The first-order valence-electron chi connectivity index (χ1n) is 7.16. The molecule has 0 saturated heterocycles. The minimum Gasteiger partial charge on any atom is -0.467 e. The second-order valence-corrected chi connectivity index (χ2v) is 6.37. The van der Waals surface area contributed by atoms with Gasteiger partial charge in [0.05, 0.1) is 19.8 Å². The van der Waals surface area contributed by atoms with Gasteiger partial charge in [-0.25, -0.2) is 0 Å². The van der Waals surface area contributed by atoms with E-state index < -0.39 is 5.60 Å². The molecule has 0 spiro atoms. The Kier molecular flexibility index (Phi) is 4.51. The molecule has 1 aromatic heterocycles. The van der Waals surface area contributed by atoms with Crippen LogP contribution in [-0.4, -0.2) is 46.4 Å². The van der Waals surface area contributed by atoms with Crippen LogP contribution in [0, 0.1) is 5.41 Å². The van der Waals surface area contributed by atoms with E-state index in [-0.39, 0.29) is 12.0 Å². The van der Waals surface area contributed by atoms with Gasteiger partial charge in [0.25, 0.3) is 0 Å². The van der Waals surface area contributed by atoms with Crippen LogP contribution in [-0.2, 0) is 0 Å². The van der Waals surface area contributed by atoms with Crippen LogP contribution in [0.3, 0.4) is 0 Å². The van der Waals surface area contributed by atoms with Gasteiger partial charge in [0, 0.05) is 6.54 Å². The summed E-state index contributed by atoms with van der Waals surface area (Å²) in [5.74, 6) is 0.344. The Morgan fingerprint density at radius 3 is 2.00 bits per heavy atom. The quantitative estimate of drug-likeness (QED) is 0.853. The molecular weight excluding hydrogens is 272 g/mol. The maximum absolute atomic E-state index is 10.6. The minimum absolute atomic E-state index is 0.182. The zero-order valence-corrected chi connectivity index (χ0v) is 13.1. The lowest BCUT2D eigenvalue weighted by molar-refractivity contribution is -0.0146. The van der Waals surface area contributed by atoms with Crippen molar-refractivity contribution in [1.82, 2.24) is 15.0 Å². The fourth-order valence-electron chi connectivity index (χ4n) is 2.41. The summed E-state index contributed by atoms with van der Waals surface area (Å²) in [5.41, 5.74) is -0.408. The van der Waals surface area contributed by atoms with Gasteiger partial charge in [-0.2, -0.15) is 9.97 Å². The van der Waals surface area contributed by atoms with Gasteiger partial charge in [0.15, 0.2) is 0 Å². The molecule has 21 heavy (non-hydrogen) atoms. The van der Waals surface area contributed by atoms with Gasteiger partial charge in [-0.1, -0.05) is 13.8 Å². The van der Waals surface area contributed by atoms with E-state index in [2.05, 4.69) is 34.1 Å². The van der Waals surface area contributed by atoms with Gasteiger partial charge >= 0.3 is 12.0 Å². The van der Waals surface area contributed by atoms with E-state index in [1.54, 1.807) is 0 Å². The number of methoxy groups -OCH3 is 2. The summed E-state index contributed by atoms with van der Waals surface area (Å²) in [6.07, 6.45) is 3.56. The molecule has 2 N–H and O–H groups in total. The molecule has 118 valence electrons. The lowest BCUT2D eigenvalue weighted by Gasteiger charge is -2.40. The topological polar surface area (TPSA) is 89.4 Å². The van der Waals surface area contributed by atoms with Crippen molar-refractivity contribution in [2.24, 2.45) is 5.41 Å². The first-order valence-corrected chi connectivity index (χ1v) is 7.16. The predicted octanol–water partition coefficient (Wildman–Crippen LogP) is 1.63. The minimum atomic E-state index is -0.720. The molecule has 0 amide bonds. The van der Waals surface area contributed by atoms with Crippen LogP contribution < -0.4 is 14.8 Å². The van der Waals surface area contributed by atoms with Crippen molar-refractivity contribution >= 4 is 5.95 Å². The van der Waals surface area contributed by atoms with Crippen molar-refractivity contribution in [3.05, 3.63) is 0 Å². The maximum Gasteiger partial charge on any atom is 0.324 e. The highest BCUT2D eigenvalue weighted by molar-refractivity contribution is 5.28. The molecule has 1 saturated carbocycles. The Morgan fingerprint density at radius 1 is 1.00 bits per heavy atom. The monoisotopic (exact) mass is 296 g/mol. The summed E-state index contributed by atoms with van der Waals surface area (Å²) in [5, 5.41) is 13.7. The zero-order chi connectivity index (χ0) is 15.5. The average molecular weight is 296 g/mol. The summed E-state index contributed by atoms with van der Waals surface area (Å²) < 4.78 is 9.99. The Bertz CT molecular complexity index is 461. The molecular formula is C14H24N4O3. The third-order valence-corrected chi connectivity index (χ3v) is 4.07. The molecule has 1 aliphatic rings. The zero-order valence-electron chi connectivity index (χ0n) is 13.1. The molecule has 7 heteroatoms. The van der Waals surface area contributed by atoms with Gasteiger partial charge in [-0.15, -0.1) is 4.98 Å². The largest absolute Gasteiger partial charge is 0.467 e. The van der Waals surface area contributed by atoms with Crippen molar-refractivity contribution < 1.29 is 14.6 Å². The van der Waals surface area contributed by atoms with Crippen LogP contribution in [0.15, 0.2) is 0 Å². The molecule has 7 nitrogen and oxygen atoms in total. The molecule has 0 unspecified atom stereocenters. The molecule has 1 heterocycles. The van der Waals surface area contributed by atoms with E-state index in [9.17, 15) is 5.11 Å². The van der Waals surface area contributed by atoms with E-state index in [1.165, 1.54) is 14.2 Å². The molecule has 0 radical (unpaired) electrons. The van der Waals surface area contributed by atoms with Crippen molar-refractivity contribution in [3.63, 3.8) is 0 Å². The molecule has 1 fully saturated rings. The molecule has 1 aromatic rings. The summed E-state index contributed by atoms with van der Waals surface area (Å²) in [4.78, 5) is 12.1. The number of nitrogens with one attached hydrogen (secondary N) is 1. The highest BCUT2D eigenvalue weighted by Crippen LogP contribution is 2.40. The van der Waals surface area contributed by atoms with Crippen LogP contribution >= 0.6 is 0 Å². The average Bonchev–Trinajstić information content (AvgIpc) is 2.48. The van der Waals surface area contributed by atoms with E-state index >= 15 is 0 Å². The number of nitrogens with zero attached hydrogens (tertiary/aromatic N) is 3. The highest BCUT2D eigenvalue weighted by Gasteiger charge is 2.36. The summed E-state index contributed by atoms with van der Waals surface area (Å²) in [6, 6.07) is 0.363. The number of hydrogen-bond acceptors (Lipinski definition) is 7. The van der Waals surface area contributed by atoms with Crippen LogP contribution in [0.4, 0.5) is 5.95 Å². The smallest absolute Gasteiger partial charge is 0.324 e. The van der Waals surface area contributed by atoms with Crippen LogP contribution in [0.2, 0.25) is 0 Å². The van der Waals surface area contributed by atoms with Crippen LogP contribution in [0.1, 0.15) is 39.5 Å². The summed E-state index contributed by atoms with van der Waals surface area (Å²) in [6.45, 7) is 4.88. The standard InChI is InChI=1S/C14H24N4O3/c1-13(2)5-7-14(19,8-6-13)9-15-10-16-11(20-3)18-12(17-10)21-4/h19H,5-9H2,1-4H3,(H,15,16,17,18). The molecule has 0 bridgehead atoms. The SMILES string of the molecule is COc1nc(NCC2(O)CCC(C)(C)CC2)nc(OC)n1. The molecule has 2 rings (SSSR count). The van der Waals surface area contributed by atoms with Crippen LogP contribution in [0.25, 0.3) is 0 Å². The Hall–Kier alpha value is -1.63. The maximum atomic E-state index is 10.6. The van der Waals surface area contributed by atoms with Crippen molar-refractivity contribution in [3.8, 4) is 12.0 Å². The number of aliphatic hydroxyl groups is 1. The summed E-state index contributed by atoms with van der Waals surface area (Å²) >= 11 is 0. The van der Waals surface area contributed by atoms with Crippen molar-refractivity contribution in [2.75, 3.05) is 26.1 Å². The Labute approximate surface area is 125 Å². The van der Waals surface area contributed by atoms with E-state index in [1.807, 2.05) is 0 Å². The molecule has 0 aliphatic heterocycles. The lowest BCUT2D eigenvalue weighted by Crippen LogP contribution is -2.42. The molecule has 1 aliphatic carbocycles. The Morgan fingerprint density at radius 2 is 1.52 bits per heavy atom. The normalized spacial score (nSPS) is 19.9. The second kappa shape index (κ2) is 6.01. The third-order valence-electron chi connectivity index (χ3n) is 4.07. The number of aromatic nitrogens is 3. The third kappa shape index (κ3) is 4.17. The molecule has 0 aromatic carbocycles. The van der Waals surface area contributed by atoms with Crippen molar-refractivity contribution in [1.29, 1.82) is 0 Å². The number of rotatable bonds is 5. The predicted molar refractivity (Wildman–Crippen MR) is 78.6 cm³/mol. The second-order valence-electron chi connectivity index (χ2n) is 6.37. The van der Waals surface area contributed by atoms with E-state index in [0.29, 0.717) is 17.9 Å². The number of hydrogen-bond donors (Lipinski definition) is 2. The fraction of sp³-hybridized carbons (Fsp3) is 0.786. The van der Waals surface area contributed by atoms with E-state index in [4.69, 9.17) is 9.47 Å².